The molecule has 9 rings (SSSR count). The maximum Gasteiger partial charge on any atom is 0.138 e. The van der Waals surface area contributed by atoms with Crippen molar-refractivity contribution in [2.24, 2.45) is 0 Å². The highest BCUT2D eigenvalue weighted by Crippen LogP contribution is 2.43. The number of para-hydroxylation sites is 1. The second-order valence-corrected chi connectivity index (χ2v) is 12.2. The molecule has 0 N–H and O–H groups in total. The van der Waals surface area contributed by atoms with Crippen LogP contribution in [-0.2, 0) is 0 Å². The zero-order valence-electron chi connectivity index (χ0n) is 26.0. The van der Waals surface area contributed by atoms with Crippen molar-refractivity contribution in [3.05, 3.63) is 175 Å². The minimum atomic E-state index is 0.907. The quantitative estimate of drug-likeness (QED) is 0.182. The molecular weight excluding hydrogens is 571 g/mol. The van der Waals surface area contributed by atoms with Gasteiger partial charge in [-0.2, -0.15) is 0 Å². The summed E-state index contributed by atoms with van der Waals surface area (Å²) in [4.78, 5) is 2.37. The molecule has 0 spiro atoms. The van der Waals surface area contributed by atoms with Crippen molar-refractivity contribution in [2.75, 3.05) is 4.90 Å². The fraction of sp³-hybridized carbons (Fsp3) is 0.0222. The summed E-state index contributed by atoms with van der Waals surface area (Å²) in [6.07, 6.45) is 0. The van der Waals surface area contributed by atoms with Crippen LogP contribution in [0, 0.1) is 6.92 Å². The molecular formula is C45H31NO. The van der Waals surface area contributed by atoms with E-state index in [-0.39, 0.29) is 0 Å². The van der Waals surface area contributed by atoms with Crippen LogP contribution < -0.4 is 4.90 Å². The van der Waals surface area contributed by atoms with Crippen LogP contribution in [0.2, 0.25) is 0 Å². The van der Waals surface area contributed by atoms with Gasteiger partial charge in [0, 0.05) is 33.3 Å². The summed E-state index contributed by atoms with van der Waals surface area (Å²) in [5, 5.41) is 8.63. The third kappa shape index (κ3) is 4.57. The van der Waals surface area contributed by atoms with E-state index in [0.29, 0.717) is 0 Å². The second-order valence-electron chi connectivity index (χ2n) is 12.2. The van der Waals surface area contributed by atoms with Crippen LogP contribution in [0.3, 0.4) is 0 Å². The Morgan fingerprint density at radius 2 is 1.06 bits per heavy atom. The van der Waals surface area contributed by atoms with Crippen LogP contribution in [0.15, 0.2) is 174 Å². The van der Waals surface area contributed by atoms with Gasteiger partial charge in [0.2, 0.25) is 0 Å². The van der Waals surface area contributed by atoms with Gasteiger partial charge in [0.1, 0.15) is 11.3 Å². The summed E-state index contributed by atoms with van der Waals surface area (Å²) < 4.78 is 6.41. The Bertz CT molecular complexity index is 2590. The number of fused-ring (bicyclic) bond motifs is 5. The zero-order valence-corrected chi connectivity index (χ0v) is 26.0. The van der Waals surface area contributed by atoms with Crippen molar-refractivity contribution >= 4 is 60.3 Å². The van der Waals surface area contributed by atoms with Crippen LogP contribution >= 0.6 is 0 Å². The van der Waals surface area contributed by atoms with Crippen molar-refractivity contribution in [3.63, 3.8) is 0 Å². The van der Waals surface area contributed by atoms with Gasteiger partial charge in [0.25, 0.3) is 0 Å². The van der Waals surface area contributed by atoms with Crippen LogP contribution in [0.5, 0.6) is 0 Å². The Labute approximate surface area is 273 Å². The van der Waals surface area contributed by atoms with Gasteiger partial charge >= 0.3 is 0 Å². The van der Waals surface area contributed by atoms with Crippen molar-refractivity contribution < 1.29 is 4.42 Å². The molecule has 2 nitrogen and oxygen atoms in total. The van der Waals surface area contributed by atoms with Crippen LogP contribution in [-0.4, -0.2) is 0 Å². The maximum absolute atomic E-state index is 6.41. The third-order valence-corrected chi connectivity index (χ3v) is 9.42. The lowest BCUT2D eigenvalue weighted by molar-refractivity contribution is 0.629. The molecule has 0 unspecified atom stereocenters. The Hall–Kier alpha value is -6.12. The molecule has 0 saturated carbocycles. The lowest BCUT2D eigenvalue weighted by atomic mass is 9.93. The number of hydrogen-bond donors (Lipinski definition) is 0. The number of nitrogens with zero attached hydrogens (tertiary/aromatic N) is 1. The summed E-state index contributed by atoms with van der Waals surface area (Å²) in [6.45, 7) is 2.14. The molecule has 9 aromatic rings. The monoisotopic (exact) mass is 601 g/mol. The number of hydrogen-bond acceptors (Lipinski definition) is 2. The lowest BCUT2D eigenvalue weighted by Crippen LogP contribution is -2.10. The lowest BCUT2D eigenvalue weighted by Gasteiger charge is -2.27. The SMILES string of the molecule is Cc1c(-c2cccc(N(c3ccc(-c4cc5ccccc5c5ccccc45)cc3)c3cccc4ccccc34)c2)oc2ccccc12. The largest absolute Gasteiger partial charge is 0.456 e. The second kappa shape index (κ2) is 11.0. The topological polar surface area (TPSA) is 16.4 Å². The first-order valence-electron chi connectivity index (χ1n) is 16.1. The van der Waals surface area contributed by atoms with E-state index in [2.05, 4.69) is 170 Å². The van der Waals surface area contributed by atoms with Gasteiger partial charge in [-0.25, -0.2) is 0 Å². The molecule has 8 aromatic carbocycles. The number of anilines is 3. The number of furan rings is 1. The third-order valence-electron chi connectivity index (χ3n) is 9.42. The molecule has 0 aliphatic rings. The first kappa shape index (κ1) is 27.2. The molecule has 0 radical (unpaired) electrons. The van der Waals surface area contributed by atoms with E-state index in [1.165, 1.54) is 43.4 Å². The van der Waals surface area contributed by atoms with Crippen LogP contribution in [0.1, 0.15) is 5.56 Å². The molecule has 0 aliphatic heterocycles. The Morgan fingerprint density at radius 1 is 0.426 bits per heavy atom. The molecule has 2 heteroatoms. The fourth-order valence-electron chi connectivity index (χ4n) is 7.15. The molecule has 0 bridgehead atoms. The molecule has 0 aliphatic carbocycles. The van der Waals surface area contributed by atoms with Gasteiger partial charge < -0.3 is 9.32 Å². The number of aryl methyl sites for hydroxylation is 1. The van der Waals surface area contributed by atoms with Gasteiger partial charge in [0.15, 0.2) is 0 Å². The molecule has 1 heterocycles. The van der Waals surface area contributed by atoms with Crippen molar-refractivity contribution in [1.29, 1.82) is 0 Å². The maximum atomic E-state index is 6.41. The average molecular weight is 602 g/mol. The summed E-state index contributed by atoms with van der Waals surface area (Å²) in [6, 6.07) is 60.9. The highest BCUT2D eigenvalue weighted by atomic mass is 16.3. The van der Waals surface area contributed by atoms with E-state index >= 15 is 0 Å². The Morgan fingerprint density at radius 3 is 1.87 bits per heavy atom. The highest BCUT2D eigenvalue weighted by Gasteiger charge is 2.19. The van der Waals surface area contributed by atoms with E-state index in [1.54, 1.807) is 0 Å². The first-order chi connectivity index (χ1) is 23.2. The smallest absolute Gasteiger partial charge is 0.138 e. The summed E-state index contributed by atoms with van der Waals surface area (Å²) in [5.41, 5.74) is 8.85. The van der Waals surface area contributed by atoms with Crippen LogP contribution in [0.25, 0.3) is 65.7 Å². The van der Waals surface area contributed by atoms with Gasteiger partial charge in [-0.15, -0.1) is 0 Å². The van der Waals surface area contributed by atoms with Crippen molar-refractivity contribution in [3.8, 4) is 22.5 Å². The van der Waals surface area contributed by atoms with Crippen molar-refractivity contribution in [2.45, 2.75) is 6.92 Å². The minimum absolute atomic E-state index is 0.907. The Kier molecular flexibility index (Phi) is 6.39. The molecule has 0 fully saturated rings. The standard InChI is InChI=1S/C45H31NO/c1-30-37-17-8-9-23-44(37)47-45(30)34-15-10-16-36(28-34)46(43-22-11-14-31-12-2-5-19-39(31)43)35-26-24-32(25-27-35)42-29-33-13-3-4-18-38(33)40-20-6-7-21-41(40)42/h2-29H,1H3. The highest BCUT2D eigenvalue weighted by molar-refractivity contribution is 6.13. The zero-order chi connectivity index (χ0) is 31.3. The number of rotatable bonds is 5. The van der Waals surface area contributed by atoms with Gasteiger partial charge in [-0.05, 0) is 87.4 Å². The minimum Gasteiger partial charge on any atom is -0.456 e. The van der Waals surface area contributed by atoms with E-state index in [0.717, 1.165) is 44.9 Å². The predicted molar refractivity (Wildman–Crippen MR) is 199 cm³/mol. The fourth-order valence-corrected chi connectivity index (χ4v) is 7.15. The molecule has 47 heavy (non-hydrogen) atoms. The normalized spacial score (nSPS) is 11.5. The summed E-state index contributed by atoms with van der Waals surface area (Å²) in [7, 11) is 0. The summed E-state index contributed by atoms with van der Waals surface area (Å²) >= 11 is 0. The van der Waals surface area contributed by atoms with E-state index in [4.69, 9.17) is 4.42 Å². The molecule has 0 atom stereocenters. The van der Waals surface area contributed by atoms with Gasteiger partial charge in [-0.1, -0.05) is 127 Å². The molecule has 222 valence electrons. The van der Waals surface area contributed by atoms with E-state index in [1.807, 2.05) is 12.1 Å². The van der Waals surface area contributed by atoms with Gasteiger partial charge in [-0.3, -0.25) is 0 Å². The average Bonchev–Trinajstić information content (AvgIpc) is 3.48. The van der Waals surface area contributed by atoms with E-state index in [9.17, 15) is 0 Å². The number of benzene rings is 8. The van der Waals surface area contributed by atoms with Gasteiger partial charge in [0.05, 0.1) is 5.69 Å². The molecule has 1 aromatic heterocycles. The van der Waals surface area contributed by atoms with Crippen molar-refractivity contribution in [1.82, 2.24) is 0 Å². The molecule has 0 amide bonds. The molecule has 0 saturated heterocycles. The first-order valence-corrected chi connectivity index (χ1v) is 16.1. The predicted octanol–water partition coefficient (Wildman–Crippen LogP) is 13.0. The van der Waals surface area contributed by atoms with E-state index < -0.39 is 0 Å². The summed E-state index contributed by atoms with van der Waals surface area (Å²) in [5.74, 6) is 0.907. The van der Waals surface area contributed by atoms with Crippen LogP contribution in [0.4, 0.5) is 17.1 Å². The Balaban J connectivity index is 1.21.